The van der Waals surface area contributed by atoms with Crippen LogP contribution in [-0.4, -0.2) is 5.33 Å². The summed E-state index contributed by atoms with van der Waals surface area (Å²) in [5, 5.41) is 1.01. The Morgan fingerprint density at radius 3 is 2.92 bits per heavy atom. The molecule has 0 spiro atoms. The third kappa shape index (κ3) is 3.75. The van der Waals surface area contributed by atoms with Crippen molar-refractivity contribution in [1.29, 1.82) is 0 Å². The standard InChI is InChI=1S/C11H14BrN/c12-7-2-1-4-10-5-3-6-11(8-10)9-13/h1,3-6,8H,2,7,9,13H2. The first-order chi connectivity index (χ1) is 6.36. The molecule has 0 bridgehead atoms. The summed E-state index contributed by atoms with van der Waals surface area (Å²) in [5.41, 5.74) is 7.95. The minimum atomic E-state index is 0.611. The summed E-state index contributed by atoms with van der Waals surface area (Å²) < 4.78 is 0. The Morgan fingerprint density at radius 1 is 1.38 bits per heavy atom. The number of allylic oxidation sites excluding steroid dienone is 1. The van der Waals surface area contributed by atoms with Crippen LogP contribution in [0.2, 0.25) is 0 Å². The number of halogens is 1. The number of rotatable bonds is 4. The van der Waals surface area contributed by atoms with Gasteiger partial charge >= 0.3 is 0 Å². The van der Waals surface area contributed by atoms with E-state index in [2.05, 4.69) is 40.2 Å². The molecule has 0 heterocycles. The predicted molar refractivity (Wildman–Crippen MR) is 61.8 cm³/mol. The van der Waals surface area contributed by atoms with E-state index in [1.807, 2.05) is 12.1 Å². The molecular weight excluding hydrogens is 226 g/mol. The molecule has 0 atom stereocenters. The van der Waals surface area contributed by atoms with Crippen LogP contribution in [0.1, 0.15) is 17.5 Å². The van der Waals surface area contributed by atoms with Crippen LogP contribution in [0.25, 0.3) is 6.08 Å². The fourth-order valence-corrected chi connectivity index (χ4v) is 1.37. The smallest absolute Gasteiger partial charge is 0.0178 e. The Labute approximate surface area is 87.8 Å². The second kappa shape index (κ2) is 5.95. The molecule has 2 N–H and O–H groups in total. The van der Waals surface area contributed by atoms with Crippen molar-refractivity contribution in [2.24, 2.45) is 5.73 Å². The van der Waals surface area contributed by atoms with E-state index in [1.165, 1.54) is 11.1 Å². The van der Waals surface area contributed by atoms with Crippen molar-refractivity contribution in [1.82, 2.24) is 0 Å². The highest BCUT2D eigenvalue weighted by atomic mass is 79.9. The zero-order chi connectivity index (χ0) is 9.52. The Bertz CT molecular complexity index is 281. The highest BCUT2D eigenvalue weighted by molar-refractivity contribution is 9.09. The topological polar surface area (TPSA) is 26.0 Å². The molecule has 70 valence electrons. The average molecular weight is 240 g/mol. The molecule has 0 aromatic heterocycles. The van der Waals surface area contributed by atoms with Gasteiger partial charge in [0.15, 0.2) is 0 Å². The van der Waals surface area contributed by atoms with Gasteiger partial charge < -0.3 is 5.73 Å². The van der Waals surface area contributed by atoms with Gasteiger partial charge in [-0.2, -0.15) is 0 Å². The molecule has 2 heteroatoms. The number of alkyl halides is 1. The zero-order valence-corrected chi connectivity index (χ0v) is 9.13. The normalized spacial score (nSPS) is 10.9. The second-order valence-corrected chi connectivity index (χ2v) is 3.62. The quantitative estimate of drug-likeness (QED) is 0.804. The van der Waals surface area contributed by atoms with Crippen molar-refractivity contribution in [2.45, 2.75) is 13.0 Å². The molecule has 0 aliphatic rings. The van der Waals surface area contributed by atoms with Crippen LogP contribution in [0.3, 0.4) is 0 Å². The Hall–Kier alpha value is -0.600. The largest absolute Gasteiger partial charge is 0.326 e. The number of hydrogen-bond acceptors (Lipinski definition) is 1. The molecule has 0 radical (unpaired) electrons. The molecule has 0 saturated heterocycles. The van der Waals surface area contributed by atoms with E-state index < -0.39 is 0 Å². The van der Waals surface area contributed by atoms with Crippen molar-refractivity contribution in [3.05, 3.63) is 41.5 Å². The monoisotopic (exact) mass is 239 g/mol. The van der Waals surface area contributed by atoms with Gasteiger partial charge in [-0.3, -0.25) is 0 Å². The third-order valence-electron chi connectivity index (χ3n) is 1.77. The van der Waals surface area contributed by atoms with Crippen LogP contribution in [0.4, 0.5) is 0 Å². The SMILES string of the molecule is NCc1cccc(C=CCCBr)c1. The van der Waals surface area contributed by atoms with E-state index in [9.17, 15) is 0 Å². The van der Waals surface area contributed by atoms with E-state index in [0.717, 1.165) is 11.8 Å². The molecule has 0 amide bonds. The van der Waals surface area contributed by atoms with Gasteiger partial charge in [0.1, 0.15) is 0 Å². The Kier molecular flexibility index (Phi) is 4.79. The van der Waals surface area contributed by atoms with Crippen LogP contribution < -0.4 is 5.73 Å². The summed E-state index contributed by atoms with van der Waals surface area (Å²) in [6.45, 7) is 0.611. The van der Waals surface area contributed by atoms with Gasteiger partial charge in [-0.15, -0.1) is 0 Å². The van der Waals surface area contributed by atoms with Crippen molar-refractivity contribution < 1.29 is 0 Å². The molecule has 0 saturated carbocycles. The van der Waals surface area contributed by atoms with Crippen molar-refractivity contribution in [2.75, 3.05) is 5.33 Å². The van der Waals surface area contributed by atoms with Crippen molar-refractivity contribution in [3.8, 4) is 0 Å². The van der Waals surface area contributed by atoms with Crippen LogP contribution in [0, 0.1) is 0 Å². The highest BCUT2D eigenvalue weighted by Crippen LogP contribution is 2.07. The Morgan fingerprint density at radius 2 is 2.23 bits per heavy atom. The lowest BCUT2D eigenvalue weighted by Crippen LogP contribution is -1.95. The molecule has 0 unspecified atom stereocenters. The maximum absolute atomic E-state index is 5.54. The van der Waals surface area contributed by atoms with Crippen LogP contribution in [0.5, 0.6) is 0 Å². The highest BCUT2D eigenvalue weighted by Gasteiger charge is 1.89. The van der Waals surface area contributed by atoms with Gasteiger partial charge in [-0.05, 0) is 17.5 Å². The summed E-state index contributed by atoms with van der Waals surface area (Å²) in [6.07, 6.45) is 5.34. The zero-order valence-electron chi connectivity index (χ0n) is 7.54. The predicted octanol–water partition coefficient (Wildman–Crippen LogP) is 2.94. The number of nitrogens with two attached hydrogens (primary N) is 1. The summed E-state index contributed by atoms with van der Waals surface area (Å²) in [4.78, 5) is 0. The first kappa shape index (κ1) is 10.5. The minimum absolute atomic E-state index is 0.611. The van der Waals surface area contributed by atoms with E-state index in [-0.39, 0.29) is 0 Å². The third-order valence-corrected chi connectivity index (χ3v) is 2.23. The number of hydrogen-bond donors (Lipinski definition) is 1. The van der Waals surface area contributed by atoms with Gasteiger partial charge in [0.05, 0.1) is 0 Å². The van der Waals surface area contributed by atoms with Crippen molar-refractivity contribution in [3.63, 3.8) is 0 Å². The summed E-state index contributed by atoms with van der Waals surface area (Å²) >= 11 is 3.38. The molecule has 0 aliphatic carbocycles. The van der Waals surface area contributed by atoms with Gasteiger partial charge in [0.25, 0.3) is 0 Å². The van der Waals surface area contributed by atoms with Gasteiger partial charge in [0, 0.05) is 11.9 Å². The summed E-state index contributed by atoms with van der Waals surface area (Å²) in [7, 11) is 0. The van der Waals surface area contributed by atoms with E-state index in [4.69, 9.17) is 5.73 Å². The van der Waals surface area contributed by atoms with Crippen molar-refractivity contribution >= 4 is 22.0 Å². The van der Waals surface area contributed by atoms with Crippen LogP contribution >= 0.6 is 15.9 Å². The van der Waals surface area contributed by atoms with E-state index >= 15 is 0 Å². The first-order valence-corrected chi connectivity index (χ1v) is 5.50. The molecule has 1 rings (SSSR count). The second-order valence-electron chi connectivity index (χ2n) is 2.83. The molecule has 0 fully saturated rings. The first-order valence-electron chi connectivity index (χ1n) is 4.38. The fourth-order valence-electron chi connectivity index (χ4n) is 1.11. The maximum atomic E-state index is 5.54. The van der Waals surface area contributed by atoms with Gasteiger partial charge in [-0.25, -0.2) is 0 Å². The lowest BCUT2D eigenvalue weighted by Gasteiger charge is -1.97. The molecular formula is C11H14BrN. The lowest BCUT2D eigenvalue weighted by atomic mass is 10.1. The summed E-state index contributed by atoms with van der Waals surface area (Å²) in [6, 6.07) is 8.28. The van der Waals surface area contributed by atoms with Gasteiger partial charge in [0.2, 0.25) is 0 Å². The van der Waals surface area contributed by atoms with Crippen LogP contribution in [-0.2, 0) is 6.54 Å². The number of benzene rings is 1. The maximum Gasteiger partial charge on any atom is 0.0178 e. The molecule has 1 aromatic rings. The summed E-state index contributed by atoms with van der Waals surface area (Å²) in [5.74, 6) is 0. The van der Waals surface area contributed by atoms with Crippen LogP contribution in [0.15, 0.2) is 30.3 Å². The van der Waals surface area contributed by atoms with Gasteiger partial charge in [-0.1, -0.05) is 52.3 Å². The van der Waals surface area contributed by atoms with E-state index in [0.29, 0.717) is 6.54 Å². The molecule has 1 nitrogen and oxygen atoms in total. The molecule has 0 aliphatic heterocycles. The minimum Gasteiger partial charge on any atom is -0.326 e. The molecule has 1 aromatic carbocycles. The average Bonchev–Trinajstić information content (AvgIpc) is 2.19. The fraction of sp³-hybridized carbons (Fsp3) is 0.273. The molecule has 13 heavy (non-hydrogen) atoms. The Balaban J connectivity index is 2.66. The van der Waals surface area contributed by atoms with E-state index in [1.54, 1.807) is 0 Å². The lowest BCUT2D eigenvalue weighted by molar-refractivity contribution is 1.07.